The Bertz CT molecular complexity index is 724. The highest BCUT2D eigenvalue weighted by atomic mass is 19.4. The fourth-order valence-corrected chi connectivity index (χ4v) is 2.86. The van der Waals surface area contributed by atoms with Gasteiger partial charge in [-0.05, 0) is 24.1 Å². The predicted octanol–water partition coefficient (Wildman–Crippen LogP) is 2.82. The number of aromatic nitrogens is 2. The average molecular weight is 339 g/mol. The van der Waals surface area contributed by atoms with Crippen molar-refractivity contribution in [3.05, 3.63) is 47.7 Å². The zero-order valence-corrected chi connectivity index (χ0v) is 12.9. The Hall–Kier alpha value is -2.35. The minimum Gasteiger partial charge on any atom is -0.481 e. The van der Waals surface area contributed by atoms with Crippen LogP contribution < -0.4 is 9.64 Å². The molecular weight excluding hydrogens is 323 g/mol. The van der Waals surface area contributed by atoms with Crippen LogP contribution in [0.25, 0.3) is 0 Å². The van der Waals surface area contributed by atoms with Gasteiger partial charge >= 0.3 is 6.18 Å². The maximum atomic E-state index is 12.9. The van der Waals surface area contributed by atoms with Crippen molar-refractivity contribution in [3.63, 3.8) is 0 Å². The van der Waals surface area contributed by atoms with E-state index in [-0.39, 0.29) is 6.54 Å². The minimum atomic E-state index is -4.41. The molecule has 3 rings (SSSR count). The molecule has 1 N–H and O–H groups in total. The van der Waals surface area contributed by atoms with Crippen molar-refractivity contribution >= 4 is 5.95 Å². The largest absolute Gasteiger partial charge is 0.481 e. The molecule has 1 fully saturated rings. The van der Waals surface area contributed by atoms with Gasteiger partial charge in [-0.15, -0.1) is 0 Å². The third kappa shape index (κ3) is 3.28. The van der Waals surface area contributed by atoms with Crippen LogP contribution in [0.3, 0.4) is 0 Å². The SMILES string of the molecule is COc1ccnc(N2C[C@H](O)C[C@H]2c2cccc(C(F)(F)F)c2)n1. The molecular formula is C16H16F3N3O2. The molecule has 1 aromatic heterocycles. The van der Waals surface area contributed by atoms with E-state index in [9.17, 15) is 18.3 Å². The van der Waals surface area contributed by atoms with Crippen LogP contribution in [0.5, 0.6) is 5.88 Å². The molecule has 2 aromatic rings. The van der Waals surface area contributed by atoms with Gasteiger partial charge in [0.1, 0.15) is 0 Å². The van der Waals surface area contributed by atoms with Gasteiger partial charge in [0, 0.05) is 18.8 Å². The Kier molecular flexibility index (Phi) is 4.31. The molecule has 24 heavy (non-hydrogen) atoms. The summed E-state index contributed by atoms with van der Waals surface area (Å²) in [6.45, 7) is 0.244. The standard InChI is InChI=1S/C16H16F3N3O2/c1-24-14-5-6-20-15(21-14)22-9-12(23)8-13(22)10-3-2-4-11(7-10)16(17,18)19/h2-7,12-13,23H,8-9H2,1H3/t12-,13+/m1/s1. The second kappa shape index (κ2) is 6.27. The zero-order valence-electron chi connectivity index (χ0n) is 12.9. The van der Waals surface area contributed by atoms with Crippen molar-refractivity contribution in [2.24, 2.45) is 0 Å². The highest BCUT2D eigenvalue weighted by molar-refractivity contribution is 5.41. The third-order valence-corrected chi connectivity index (χ3v) is 3.96. The summed E-state index contributed by atoms with van der Waals surface area (Å²) in [5, 5.41) is 10.00. The fourth-order valence-electron chi connectivity index (χ4n) is 2.86. The summed E-state index contributed by atoms with van der Waals surface area (Å²) in [5.41, 5.74) is -0.249. The van der Waals surface area contributed by atoms with E-state index in [1.807, 2.05) is 0 Å². The Balaban J connectivity index is 1.96. The lowest BCUT2D eigenvalue weighted by Gasteiger charge is -2.25. The van der Waals surface area contributed by atoms with Crippen molar-refractivity contribution in [1.29, 1.82) is 0 Å². The number of nitrogens with zero attached hydrogens (tertiary/aromatic N) is 3. The van der Waals surface area contributed by atoms with E-state index in [1.165, 1.54) is 19.4 Å². The first-order valence-corrected chi connectivity index (χ1v) is 7.37. The van der Waals surface area contributed by atoms with Crippen LogP contribution in [-0.2, 0) is 6.18 Å². The second-order valence-corrected chi connectivity index (χ2v) is 5.58. The Morgan fingerprint density at radius 2 is 2.08 bits per heavy atom. The third-order valence-electron chi connectivity index (χ3n) is 3.96. The topological polar surface area (TPSA) is 58.5 Å². The van der Waals surface area contributed by atoms with E-state index >= 15 is 0 Å². The van der Waals surface area contributed by atoms with Gasteiger partial charge < -0.3 is 14.7 Å². The zero-order chi connectivity index (χ0) is 17.3. The molecule has 128 valence electrons. The number of β-amino-alcohol motifs (C(OH)–C–C–N with tert-alkyl or cyclic N) is 1. The number of alkyl halides is 3. The second-order valence-electron chi connectivity index (χ2n) is 5.58. The minimum absolute atomic E-state index is 0.244. The van der Waals surface area contributed by atoms with Gasteiger partial charge in [0.2, 0.25) is 11.8 Å². The number of benzene rings is 1. The molecule has 5 nitrogen and oxygen atoms in total. The summed E-state index contributed by atoms with van der Waals surface area (Å²) in [7, 11) is 1.47. The van der Waals surface area contributed by atoms with Gasteiger partial charge in [0.25, 0.3) is 0 Å². The summed E-state index contributed by atoms with van der Waals surface area (Å²) in [5.74, 6) is 0.664. The molecule has 0 aliphatic carbocycles. The van der Waals surface area contributed by atoms with E-state index in [1.54, 1.807) is 17.0 Å². The number of hydrogen-bond donors (Lipinski definition) is 1. The first-order chi connectivity index (χ1) is 11.4. The predicted molar refractivity (Wildman–Crippen MR) is 80.7 cm³/mol. The number of methoxy groups -OCH3 is 1. The van der Waals surface area contributed by atoms with Gasteiger partial charge in [-0.25, -0.2) is 4.98 Å². The van der Waals surface area contributed by atoms with Crippen LogP contribution in [-0.4, -0.2) is 34.8 Å². The van der Waals surface area contributed by atoms with Gasteiger partial charge in [0.05, 0.1) is 24.8 Å². The Morgan fingerprint density at radius 1 is 1.29 bits per heavy atom. The molecule has 0 saturated carbocycles. The molecule has 1 saturated heterocycles. The molecule has 2 heterocycles. The summed E-state index contributed by atoms with van der Waals surface area (Å²) in [6, 6.07) is 6.26. The first-order valence-electron chi connectivity index (χ1n) is 7.37. The van der Waals surface area contributed by atoms with Crippen LogP contribution in [0.2, 0.25) is 0 Å². The van der Waals surface area contributed by atoms with Crippen molar-refractivity contribution < 1.29 is 23.0 Å². The lowest BCUT2D eigenvalue weighted by molar-refractivity contribution is -0.137. The van der Waals surface area contributed by atoms with Gasteiger partial charge in [-0.2, -0.15) is 18.2 Å². The number of halogens is 3. The fraction of sp³-hybridized carbons (Fsp3) is 0.375. The van der Waals surface area contributed by atoms with Crippen LogP contribution in [0.4, 0.5) is 19.1 Å². The van der Waals surface area contributed by atoms with Crippen molar-refractivity contribution in [3.8, 4) is 5.88 Å². The molecule has 1 aliphatic rings. The van der Waals surface area contributed by atoms with E-state index < -0.39 is 23.9 Å². The first kappa shape index (κ1) is 16.5. The maximum absolute atomic E-state index is 12.9. The highest BCUT2D eigenvalue weighted by Gasteiger charge is 2.36. The molecule has 0 amide bonds. The molecule has 0 spiro atoms. The van der Waals surface area contributed by atoms with Gasteiger partial charge in [0.15, 0.2) is 0 Å². The smallest absolute Gasteiger partial charge is 0.416 e. The average Bonchev–Trinajstić information content (AvgIpc) is 2.96. The monoisotopic (exact) mass is 339 g/mol. The molecule has 8 heteroatoms. The van der Waals surface area contributed by atoms with E-state index in [0.717, 1.165) is 12.1 Å². The highest BCUT2D eigenvalue weighted by Crippen LogP contribution is 2.37. The van der Waals surface area contributed by atoms with Crippen LogP contribution >= 0.6 is 0 Å². The summed E-state index contributed by atoms with van der Waals surface area (Å²) >= 11 is 0. The molecule has 2 atom stereocenters. The molecule has 0 radical (unpaired) electrons. The summed E-state index contributed by atoms with van der Waals surface area (Å²) in [4.78, 5) is 10.1. The molecule has 0 unspecified atom stereocenters. The van der Waals surface area contributed by atoms with E-state index in [4.69, 9.17) is 4.74 Å². The Morgan fingerprint density at radius 3 is 2.79 bits per heavy atom. The number of aliphatic hydroxyl groups is 1. The lowest BCUT2D eigenvalue weighted by Crippen LogP contribution is -2.26. The number of hydrogen-bond acceptors (Lipinski definition) is 5. The number of ether oxygens (including phenoxy) is 1. The normalized spacial score (nSPS) is 21.1. The van der Waals surface area contributed by atoms with E-state index in [0.29, 0.717) is 23.8 Å². The quantitative estimate of drug-likeness (QED) is 0.932. The van der Waals surface area contributed by atoms with E-state index in [2.05, 4.69) is 9.97 Å². The van der Waals surface area contributed by atoms with Crippen LogP contribution in [0, 0.1) is 0 Å². The van der Waals surface area contributed by atoms with Crippen molar-refractivity contribution in [2.45, 2.75) is 24.7 Å². The number of aliphatic hydroxyl groups excluding tert-OH is 1. The van der Waals surface area contributed by atoms with Gasteiger partial charge in [-0.1, -0.05) is 12.1 Å². The maximum Gasteiger partial charge on any atom is 0.416 e. The van der Waals surface area contributed by atoms with Crippen molar-refractivity contribution in [2.75, 3.05) is 18.6 Å². The summed E-state index contributed by atoms with van der Waals surface area (Å²) in [6.07, 6.45) is -3.26. The lowest BCUT2D eigenvalue weighted by atomic mass is 10.0. The molecule has 1 aromatic carbocycles. The number of rotatable bonds is 3. The molecule has 1 aliphatic heterocycles. The number of anilines is 1. The van der Waals surface area contributed by atoms with Crippen LogP contribution in [0.15, 0.2) is 36.5 Å². The van der Waals surface area contributed by atoms with Crippen molar-refractivity contribution in [1.82, 2.24) is 9.97 Å². The Labute approximate surface area is 136 Å². The molecule has 0 bridgehead atoms. The van der Waals surface area contributed by atoms with Crippen LogP contribution in [0.1, 0.15) is 23.6 Å². The van der Waals surface area contributed by atoms with Gasteiger partial charge in [-0.3, -0.25) is 0 Å². The summed E-state index contributed by atoms with van der Waals surface area (Å²) < 4.78 is 43.9.